The first-order valence-electron chi connectivity index (χ1n) is 9.72. The number of carbonyl (C=O) groups is 1. The van der Waals surface area contributed by atoms with Crippen LogP contribution in [0.5, 0.6) is 11.5 Å². The molecular formula is C22H30N2O5S. The monoisotopic (exact) mass is 434 g/mol. The third-order valence-corrected chi connectivity index (χ3v) is 6.01. The predicted octanol–water partition coefficient (Wildman–Crippen LogP) is 2.92. The Morgan fingerprint density at radius 3 is 2.27 bits per heavy atom. The molecule has 8 heteroatoms. The number of hydrogen-bond acceptors (Lipinski definition) is 5. The largest absolute Gasteiger partial charge is 0.493 e. The number of hydrogen-bond donors (Lipinski definition) is 1. The first-order chi connectivity index (χ1) is 14.2. The predicted molar refractivity (Wildman–Crippen MR) is 119 cm³/mol. The second-order valence-corrected chi connectivity index (χ2v) is 9.01. The molecule has 0 spiro atoms. The minimum Gasteiger partial charge on any atom is -0.493 e. The van der Waals surface area contributed by atoms with E-state index in [0.717, 1.165) is 28.1 Å². The van der Waals surface area contributed by atoms with Gasteiger partial charge < -0.3 is 14.8 Å². The molecule has 2 aromatic rings. The van der Waals surface area contributed by atoms with Crippen LogP contribution in [-0.2, 0) is 21.2 Å². The third-order valence-electron chi connectivity index (χ3n) is 4.77. The van der Waals surface area contributed by atoms with Crippen LogP contribution in [0.25, 0.3) is 0 Å². The molecule has 1 atom stereocenters. The van der Waals surface area contributed by atoms with Gasteiger partial charge in [-0.25, -0.2) is 8.42 Å². The summed E-state index contributed by atoms with van der Waals surface area (Å²) in [6, 6.07) is 11.9. The van der Waals surface area contributed by atoms with Gasteiger partial charge >= 0.3 is 0 Å². The van der Waals surface area contributed by atoms with Crippen molar-refractivity contribution in [3.8, 4) is 11.5 Å². The molecular weight excluding hydrogens is 404 g/mol. The molecule has 0 radical (unpaired) electrons. The SMILES string of the molecule is COc1ccc(CCCNC(=O)[C@H](C)N(c2ccc(C)cc2)S(C)(=O)=O)cc1OC. The summed E-state index contributed by atoms with van der Waals surface area (Å²) in [6.07, 6.45) is 2.55. The minimum atomic E-state index is -3.62. The highest BCUT2D eigenvalue weighted by Crippen LogP contribution is 2.28. The number of carbonyl (C=O) groups excluding carboxylic acids is 1. The quantitative estimate of drug-likeness (QED) is 0.581. The van der Waals surface area contributed by atoms with Gasteiger partial charge in [-0.1, -0.05) is 23.8 Å². The first kappa shape index (κ1) is 23.5. The van der Waals surface area contributed by atoms with Crippen molar-refractivity contribution in [1.29, 1.82) is 0 Å². The summed E-state index contributed by atoms with van der Waals surface area (Å²) >= 11 is 0. The highest BCUT2D eigenvalue weighted by Gasteiger charge is 2.28. The lowest BCUT2D eigenvalue weighted by atomic mass is 10.1. The van der Waals surface area contributed by atoms with Crippen LogP contribution in [0.3, 0.4) is 0 Å². The van der Waals surface area contributed by atoms with E-state index in [2.05, 4.69) is 5.32 Å². The Hall–Kier alpha value is -2.74. The van der Waals surface area contributed by atoms with E-state index in [1.165, 1.54) is 0 Å². The van der Waals surface area contributed by atoms with Gasteiger partial charge in [0, 0.05) is 6.54 Å². The van der Waals surface area contributed by atoms with E-state index in [1.54, 1.807) is 33.3 Å². The Morgan fingerprint density at radius 1 is 1.07 bits per heavy atom. The number of sulfonamides is 1. The lowest BCUT2D eigenvalue weighted by Crippen LogP contribution is -2.48. The Kier molecular flexibility index (Phi) is 8.11. The minimum absolute atomic E-state index is 0.340. The number of nitrogens with zero attached hydrogens (tertiary/aromatic N) is 1. The summed E-state index contributed by atoms with van der Waals surface area (Å²) in [5, 5.41) is 2.84. The van der Waals surface area contributed by atoms with Crippen molar-refractivity contribution in [2.75, 3.05) is 31.3 Å². The van der Waals surface area contributed by atoms with E-state index in [1.807, 2.05) is 37.3 Å². The molecule has 2 rings (SSSR count). The average molecular weight is 435 g/mol. The summed E-state index contributed by atoms with van der Waals surface area (Å²) in [6.45, 7) is 3.94. The van der Waals surface area contributed by atoms with E-state index in [0.29, 0.717) is 30.2 Å². The summed E-state index contributed by atoms with van der Waals surface area (Å²) < 4.78 is 36.3. The van der Waals surface area contributed by atoms with Crippen molar-refractivity contribution in [2.45, 2.75) is 32.7 Å². The van der Waals surface area contributed by atoms with Crippen molar-refractivity contribution in [3.05, 3.63) is 53.6 Å². The average Bonchev–Trinajstić information content (AvgIpc) is 2.71. The second kappa shape index (κ2) is 10.3. The lowest BCUT2D eigenvalue weighted by Gasteiger charge is -2.28. The van der Waals surface area contributed by atoms with Crippen molar-refractivity contribution in [3.63, 3.8) is 0 Å². The van der Waals surface area contributed by atoms with E-state index in [-0.39, 0.29) is 5.91 Å². The van der Waals surface area contributed by atoms with Gasteiger partial charge in [0.2, 0.25) is 15.9 Å². The van der Waals surface area contributed by atoms with Gasteiger partial charge in [-0.05, 0) is 56.5 Å². The van der Waals surface area contributed by atoms with Gasteiger partial charge in [-0.3, -0.25) is 9.10 Å². The Morgan fingerprint density at radius 2 is 1.70 bits per heavy atom. The number of anilines is 1. The van der Waals surface area contributed by atoms with Crippen LogP contribution in [0.15, 0.2) is 42.5 Å². The van der Waals surface area contributed by atoms with Gasteiger partial charge in [0.25, 0.3) is 0 Å². The normalized spacial score (nSPS) is 12.2. The number of amides is 1. The maximum atomic E-state index is 12.6. The van der Waals surface area contributed by atoms with Crippen molar-refractivity contribution in [2.24, 2.45) is 0 Å². The third kappa shape index (κ3) is 6.13. The molecule has 0 aliphatic carbocycles. The van der Waals surface area contributed by atoms with E-state index in [9.17, 15) is 13.2 Å². The molecule has 0 fully saturated rings. The fraction of sp³-hybridized carbons (Fsp3) is 0.409. The van der Waals surface area contributed by atoms with Crippen molar-refractivity contribution < 1.29 is 22.7 Å². The number of ether oxygens (including phenoxy) is 2. The van der Waals surface area contributed by atoms with Gasteiger partial charge in [0.05, 0.1) is 26.2 Å². The Balaban J connectivity index is 1.96. The molecule has 0 aliphatic rings. The number of rotatable bonds is 10. The highest BCUT2D eigenvalue weighted by molar-refractivity contribution is 7.92. The van der Waals surface area contributed by atoms with Gasteiger partial charge in [0.1, 0.15) is 6.04 Å². The lowest BCUT2D eigenvalue weighted by molar-refractivity contribution is -0.121. The molecule has 0 aromatic heterocycles. The zero-order valence-electron chi connectivity index (χ0n) is 18.1. The molecule has 164 valence electrons. The first-order valence-corrected chi connectivity index (χ1v) is 11.6. The molecule has 7 nitrogen and oxygen atoms in total. The van der Waals surface area contributed by atoms with Gasteiger partial charge in [-0.2, -0.15) is 0 Å². The van der Waals surface area contributed by atoms with E-state index < -0.39 is 16.1 Å². The second-order valence-electron chi connectivity index (χ2n) is 7.15. The van der Waals surface area contributed by atoms with Crippen LogP contribution in [0.4, 0.5) is 5.69 Å². The van der Waals surface area contributed by atoms with Crippen LogP contribution in [0, 0.1) is 6.92 Å². The summed E-state index contributed by atoms with van der Waals surface area (Å²) in [4.78, 5) is 12.6. The molecule has 1 amide bonds. The highest BCUT2D eigenvalue weighted by atomic mass is 32.2. The number of aryl methyl sites for hydroxylation is 2. The standard InChI is InChI=1S/C22H30N2O5S/c1-16-8-11-19(12-9-16)24(30(5,26)27)17(2)22(25)23-14-6-7-18-10-13-20(28-3)21(15-18)29-4/h8-13,15,17H,6-7,14H2,1-5H3,(H,23,25)/t17-/m0/s1. The molecule has 0 saturated heterocycles. The van der Waals surface area contributed by atoms with Crippen LogP contribution in [-0.4, -0.2) is 47.4 Å². The Labute approximate surface area is 179 Å². The molecule has 30 heavy (non-hydrogen) atoms. The van der Waals surface area contributed by atoms with Crippen LogP contribution in [0.2, 0.25) is 0 Å². The molecule has 2 aromatic carbocycles. The maximum Gasteiger partial charge on any atom is 0.243 e. The van der Waals surface area contributed by atoms with Crippen molar-refractivity contribution >= 4 is 21.6 Å². The number of benzene rings is 2. The maximum absolute atomic E-state index is 12.6. The molecule has 1 N–H and O–H groups in total. The number of methoxy groups -OCH3 is 2. The van der Waals surface area contributed by atoms with Gasteiger partial charge in [-0.15, -0.1) is 0 Å². The molecule has 0 saturated carbocycles. The van der Waals surface area contributed by atoms with E-state index in [4.69, 9.17) is 9.47 Å². The summed E-state index contributed by atoms with van der Waals surface area (Å²) in [5.74, 6) is 0.989. The topological polar surface area (TPSA) is 84.9 Å². The molecule has 0 heterocycles. The summed E-state index contributed by atoms with van der Waals surface area (Å²) in [5.41, 5.74) is 2.54. The van der Waals surface area contributed by atoms with E-state index >= 15 is 0 Å². The molecule has 0 unspecified atom stereocenters. The Bertz CT molecular complexity index is 958. The summed E-state index contributed by atoms with van der Waals surface area (Å²) in [7, 11) is -0.440. The fourth-order valence-corrected chi connectivity index (χ4v) is 4.36. The molecule has 0 bridgehead atoms. The van der Waals surface area contributed by atoms with Crippen LogP contribution >= 0.6 is 0 Å². The van der Waals surface area contributed by atoms with Gasteiger partial charge in [0.15, 0.2) is 11.5 Å². The van der Waals surface area contributed by atoms with Crippen LogP contribution in [0.1, 0.15) is 24.5 Å². The zero-order chi connectivity index (χ0) is 22.3. The smallest absolute Gasteiger partial charge is 0.243 e. The fourth-order valence-electron chi connectivity index (χ4n) is 3.19. The van der Waals surface area contributed by atoms with Crippen molar-refractivity contribution in [1.82, 2.24) is 5.32 Å². The van der Waals surface area contributed by atoms with Crippen LogP contribution < -0.4 is 19.1 Å². The molecule has 0 aliphatic heterocycles. The number of nitrogens with one attached hydrogen (secondary N) is 1. The zero-order valence-corrected chi connectivity index (χ0v) is 19.0.